The van der Waals surface area contributed by atoms with Crippen LogP contribution in [-0.4, -0.2) is 6.61 Å². The maximum atomic E-state index is 5.89. The number of hydrogen-bond acceptors (Lipinski definition) is 1. The number of rotatable bonds is 9. The fourth-order valence-corrected chi connectivity index (χ4v) is 3.04. The lowest BCUT2D eigenvalue weighted by Gasteiger charge is -2.15. The van der Waals surface area contributed by atoms with Crippen LogP contribution in [0.4, 0.5) is 0 Å². The Morgan fingerprint density at radius 3 is 2.84 bits per heavy atom. The molecule has 0 saturated heterocycles. The van der Waals surface area contributed by atoms with Crippen LogP contribution in [0, 0.1) is 11.3 Å². The van der Waals surface area contributed by atoms with Crippen molar-refractivity contribution in [3.8, 4) is 0 Å². The minimum absolute atomic E-state index is 0.522. The van der Waals surface area contributed by atoms with Gasteiger partial charge in [-0.1, -0.05) is 56.2 Å². The Balaban J connectivity index is 1.73. The summed E-state index contributed by atoms with van der Waals surface area (Å²) in [4.78, 5) is 0. The molecule has 1 aliphatic carbocycles. The van der Waals surface area contributed by atoms with E-state index in [1.54, 1.807) is 0 Å². The molecule has 1 nitrogen and oxygen atoms in total. The van der Waals surface area contributed by atoms with Crippen molar-refractivity contribution in [2.45, 2.75) is 45.6 Å². The minimum Gasteiger partial charge on any atom is -0.376 e. The van der Waals surface area contributed by atoms with Gasteiger partial charge in [-0.2, -0.15) is 0 Å². The van der Waals surface area contributed by atoms with E-state index < -0.39 is 0 Å². The topological polar surface area (TPSA) is 9.23 Å². The molecule has 1 aromatic rings. The van der Waals surface area contributed by atoms with Crippen LogP contribution in [-0.2, 0) is 11.3 Å². The van der Waals surface area contributed by atoms with Crippen LogP contribution in [0.25, 0.3) is 0 Å². The van der Waals surface area contributed by atoms with E-state index in [0.717, 1.165) is 25.6 Å². The molecule has 0 aliphatic heterocycles. The van der Waals surface area contributed by atoms with Crippen molar-refractivity contribution >= 4 is 0 Å². The molecule has 2 atom stereocenters. The first-order chi connectivity index (χ1) is 9.30. The van der Waals surface area contributed by atoms with E-state index in [4.69, 9.17) is 4.74 Å². The third-order valence-electron chi connectivity index (χ3n) is 4.37. The predicted octanol–water partition coefficient (Wildman–Crippen LogP) is 4.98. The lowest BCUT2D eigenvalue weighted by molar-refractivity contribution is 0.0998. The molecular weight excluding hydrogens is 232 g/mol. The lowest BCUT2D eigenvalue weighted by atomic mass is 9.92. The summed E-state index contributed by atoms with van der Waals surface area (Å²) in [6, 6.07) is 10.4. The van der Waals surface area contributed by atoms with Gasteiger partial charge < -0.3 is 4.74 Å². The van der Waals surface area contributed by atoms with E-state index >= 15 is 0 Å². The Hall–Kier alpha value is -1.08. The van der Waals surface area contributed by atoms with Crippen LogP contribution in [0.15, 0.2) is 43.0 Å². The molecule has 0 radical (unpaired) electrons. The zero-order valence-electron chi connectivity index (χ0n) is 12.1. The molecule has 1 aromatic carbocycles. The van der Waals surface area contributed by atoms with Gasteiger partial charge in [-0.25, -0.2) is 0 Å². The van der Waals surface area contributed by atoms with Crippen LogP contribution in [0.1, 0.15) is 44.6 Å². The molecule has 104 valence electrons. The fourth-order valence-electron chi connectivity index (χ4n) is 3.04. The largest absolute Gasteiger partial charge is 0.376 e. The van der Waals surface area contributed by atoms with Gasteiger partial charge in [0.1, 0.15) is 0 Å². The van der Waals surface area contributed by atoms with Gasteiger partial charge in [0.05, 0.1) is 13.2 Å². The summed E-state index contributed by atoms with van der Waals surface area (Å²) in [6.07, 6.45) is 8.54. The van der Waals surface area contributed by atoms with E-state index in [1.165, 1.54) is 31.2 Å². The van der Waals surface area contributed by atoms with Crippen molar-refractivity contribution in [3.05, 3.63) is 48.6 Å². The molecule has 1 heteroatoms. The third-order valence-corrected chi connectivity index (χ3v) is 4.37. The number of unbranched alkanes of at least 4 members (excludes halogenated alkanes) is 1. The zero-order chi connectivity index (χ0) is 13.6. The average Bonchev–Trinajstić information content (AvgIpc) is 3.11. The van der Waals surface area contributed by atoms with Crippen molar-refractivity contribution in [1.29, 1.82) is 0 Å². The van der Waals surface area contributed by atoms with Crippen molar-refractivity contribution in [2.24, 2.45) is 11.3 Å². The number of allylic oxidation sites excluding steroid dienone is 1. The Morgan fingerprint density at radius 2 is 2.16 bits per heavy atom. The maximum Gasteiger partial charge on any atom is 0.0717 e. The monoisotopic (exact) mass is 258 g/mol. The van der Waals surface area contributed by atoms with Gasteiger partial charge in [0.25, 0.3) is 0 Å². The van der Waals surface area contributed by atoms with E-state index in [2.05, 4.69) is 43.8 Å². The van der Waals surface area contributed by atoms with E-state index in [1.807, 2.05) is 6.07 Å². The van der Waals surface area contributed by atoms with Crippen LogP contribution in [0.5, 0.6) is 0 Å². The molecule has 0 bridgehead atoms. The summed E-state index contributed by atoms with van der Waals surface area (Å²) in [7, 11) is 0. The lowest BCUT2D eigenvalue weighted by Crippen LogP contribution is -2.08. The molecule has 1 aliphatic rings. The van der Waals surface area contributed by atoms with Crippen molar-refractivity contribution in [1.82, 2.24) is 0 Å². The quantitative estimate of drug-likeness (QED) is 0.568. The Kier molecular flexibility index (Phi) is 5.21. The highest BCUT2D eigenvalue weighted by Crippen LogP contribution is 2.58. The van der Waals surface area contributed by atoms with Gasteiger partial charge in [-0.3, -0.25) is 0 Å². The SMILES string of the molecule is C=CC[C@@]1(CCCC)C[C@H]1COCc1ccccc1. The number of ether oxygens (including phenoxy) is 1. The molecule has 0 amide bonds. The fraction of sp³-hybridized carbons (Fsp3) is 0.556. The second-order valence-electron chi connectivity index (χ2n) is 5.86. The van der Waals surface area contributed by atoms with Gasteiger partial charge in [-0.05, 0) is 36.2 Å². The van der Waals surface area contributed by atoms with Gasteiger partial charge >= 0.3 is 0 Å². The molecule has 0 aromatic heterocycles. The summed E-state index contributed by atoms with van der Waals surface area (Å²) < 4.78 is 5.89. The highest BCUT2D eigenvalue weighted by molar-refractivity contribution is 5.13. The summed E-state index contributed by atoms with van der Waals surface area (Å²) in [6.45, 7) is 7.84. The summed E-state index contributed by atoms with van der Waals surface area (Å²) in [5, 5.41) is 0. The third kappa shape index (κ3) is 3.94. The molecule has 0 N–H and O–H groups in total. The highest BCUT2D eigenvalue weighted by Gasteiger charge is 2.51. The predicted molar refractivity (Wildman–Crippen MR) is 81.0 cm³/mol. The molecule has 0 heterocycles. The highest BCUT2D eigenvalue weighted by atomic mass is 16.5. The van der Waals surface area contributed by atoms with Gasteiger partial charge in [-0.15, -0.1) is 6.58 Å². The Morgan fingerprint density at radius 1 is 1.37 bits per heavy atom. The normalized spacial score (nSPS) is 25.2. The van der Waals surface area contributed by atoms with Crippen LogP contribution in [0.3, 0.4) is 0 Å². The molecular formula is C18H26O. The first-order valence-corrected chi connectivity index (χ1v) is 7.53. The van der Waals surface area contributed by atoms with E-state index in [9.17, 15) is 0 Å². The average molecular weight is 258 g/mol. The smallest absolute Gasteiger partial charge is 0.0717 e. The standard InChI is InChI=1S/C18H26O/c1-3-5-12-18(11-4-2)13-17(18)15-19-14-16-9-7-6-8-10-16/h4,6-10,17H,2-3,5,11-15H2,1H3/t17-,18+/m0/s1. The van der Waals surface area contributed by atoms with Crippen LogP contribution in [0.2, 0.25) is 0 Å². The van der Waals surface area contributed by atoms with Gasteiger partial charge in [0, 0.05) is 0 Å². The number of hydrogen-bond donors (Lipinski definition) is 0. The van der Waals surface area contributed by atoms with E-state index in [-0.39, 0.29) is 0 Å². The Bertz CT molecular complexity index is 384. The van der Waals surface area contributed by atoms with Gasteiger partial charge in [0.15, 0.2) is 0 Å². The maximum absolute atomic E-state index is 5.89. The van der Waals surface area contributed by atoms with Crippen molar-refractivity contribution in [3.63, 3.8) is 0 Å². The summed E-state index contributed by atoms with van der Waals surface area (Å²) in [5.41, 5.74) is 1.79. The second-order valence-corrected chi connectivity index (χ2v) is 5.86. The molecule has 0 unspecified atom stereocenters. The molecule has 0 spiro atoms. The molecule has 19 heavy (non-hydrogen) atoms. The van der Waals surface area contributed by atoms with E-state index in [0.29, 0.717) is 5.41 Å². The molecule has 1 saturated carbocycles. The van der Waals surface area contributed by atoms with Crippen LogP contribution < -0.4 is 0 Å². The summed E-state index contributed by atoms with van der Waals surface area (Å²) >= 11 is 0. The minimum atomic E-state index is 0.522. The van der Waals surface area contributed by atoms with Crippen molar-refractivity contribution in [2.75, 3.05) is 6.61 Å². The molecule has 2 rings (SSSR count). The molecule has 1 fully saturated rings. The van der Waals surface area contributed by atoms with Crippen LogP contribution >= 0.6 is 0 Å². The first kappa shape index (κ1) is 14.3. The second kappa shape index (κ2) is 6.91. The first-order valence-electron chi connectivity index (χ1n) is 7.53. The Labute approximate surface area is 117 Å². The zero-order valence-corrected chi connectivity index (χ0v) is 12.1. The van der Waals surface area contributed by atoms with Crippen molar-refractivity contribution < 1.29 is 4.74 Å². The summed E-state index contributed by atoms with van der Waals surface area (Å²) in [5.74, 6) is 0.751. The number of benzene rings is 1. The van der Waals surface area contributed by atoms with Gasteiger partial charge in [0.2, 0.25) is 0 Å².